The summed E-state index contributed by atoms with van der Waals surface area (Å²) in [5.74, 6) is -2.52. The first-order valence-electron chi connectivity index (χ1n) is 33.5. The summed E-state index contributed by atoms with van der Waals surface area (Å²) in [7, 11) is 18.8. The number of hydrogen-bond donors (Lipinski definition) is 6. The van der Waals surface area contributed by atoms with Gasteiger partial charge in [-0.05, 0) is 178 Å². The summed E-state index contributed by atoms with van der Waals surface area (Å²) in [5, 5.41) is 39.9. The number of aromatic nitrogens is 7. The molecule has 29 nitrogen and oxygen atoms in total. The normalized spacial score (nSPS) is 10.6. The molecule has 9 aromatic rings. The number of nitrogens with two attached hydrogens (primary N) is 2. The number of nitrogens with one attached hydrogen (secondary N) is 3. The van der Waals surface area contributed by atoms with Crippen LogP contribution in [0.3, 0.4) is 0 Å². The molecule has 0 aliphatic rings. The van der Waals surface area contributed by atoms with Gasteiger partial charge in [0.2, 0.25) is 12.3 Å². The number of methoxy groups -OCH3 is 2. The molecule has 0 saturated heterocycles. The molecule has 8 N–H and O–H groups in total. The Kier molecular flexibility index (Phi) is 63.6. The molecule has 4 heterocycles. The van der Waals surface area contributed by atoms with Crippen LogP contribution in [0.15, 0.2) is 157 Å². The monoisotopic (exact) mass is 1910 g/mol. The molecule has 0 fully saturated rings. The molecule has 0 unspecified atom stereocenters. The van der Waals surface area contributed by atoms with Gasteiger partial charge in [0, 0.05) is 64.3 Å². The van der Waals surface area contributed by atoms with E-state index in [4.69, 9.17) is 31.5 Å². The molecule has 5 aromatic carbocycles. The number of carbonyl (C=O) groups excluding carboxylic acids is 2. The van der Waals surface area contributed by atoms with E-state index in [1.165, 1.54) is 110 Å². The minimum atomic E-state index is -4.80. The van der Waals surface area contributed by atoms with Gasteiger partial charge < -0.3 is 78.9 Å². The number of fused-ring (bicyclic) bond motifs is 1. The van der Waals surface area contributed by atoms with Gasteiger partial charge in [0.25, 0.3) is 5.56 Å². The van der Waals surface area contributed by atoms with E-state index in [-0.39, 0.29) is 136 Å². The van der Waals surface area contributed by atoms with Crippen molar-refractivity contribution in [2.45, 2.75) is 117 Å². The largest absolute Gasteiger partial charge is 0.573 e. The van der Waals surface area contributed by atoms with E-state index in [2.05, 4.69) is 135 Å². The van der Waals surface area contributed by atoms with E-state index in [0.29, 0.717) is 44.5 Å². The van der Waals surface area contributed by atoms with Crippen molar-refractivity contribution in [1.29, 1.82) is 10.5 Å². The minimum absolute atomic E-state index is 0. The number of benzene rings is 5. The number of allylic oxidation sites excluding steroid dienone is 1. The van der Waals surface area contributed by atoms with E-state index in [9.17, 15) is 89.9 Å². The third kappa shape index (κ3) is 59.3. The Hall–Kier alpha value is -11.4. The van der Waals surface area contributed by atoms with Crippen molar-refractivity contribution in [2.75, 3.05) is 108 Å². The summed E-state index contributed by atoms with van der Waals surface area (Å²) in [5.41, 5.74) is 14.6. The average molecular weight is 1920 g/mol. The number of carbonyl (C=O) groups is 2. The number of anilines is 2. The summed E-state index contributed by atoms with van der Waals surface area (Å²) >= 11 is 13.8. The van der Waals surface area contributed by atoms with E-state index >= 15 is 0 Å². The first-order chi connectivity index (χ1) is 55.6. The van der Waals surface area contributed by atoms with Crippen LogP contribution in [-0.2, 0) is 39.5 Å². The van der Waals surface area contributed by atoms with Crippen LogP contribution in [0.1, 0.15) is 83.4 Å². The Labute approximate surface area is 742 Å². The van der Waals surface area contributed by atoms with Gasteiger partial charge >= 0.3 is 49.0 Å². The highest BCUT2D eigenvalue weighted by Crippen LogP contribution is 2.61. The number of rotatable bonds is 21. The number of H-pyrrole nitrogens is 3. The third-order valence-electron chi connectivity index (χ3n) is 13.0. The molecule has 716 valence electrons. The number of aromatic amines is 3. The smallest absolute Gasteiger partial charge is 0.493 e. The molecule has 127 heavy (non-hydrogen) atoms. The lowest BCUT2D eigenvalue weighted by atomic mass is 10.1. The van der Waals surface area contributed by atoms with Crippen LogP contribution in [-0.4, -0.2) is 207 Å². The Morgan fingerprint density at radius 3 is 1.17 bits per heavy atom. The first-order valence-corrected chi connectivity index (χ1v) is 37.9. The number of halogens is 18. The summed E-state index contributed by atoms with van der Waals surface area (Å²) in [4.78, 5) is 42.9. The molecule has 0 saturated carbocycles. The number of hydrogen-bond acceptors (Lipinski definition) is 25. The number of likely N-dealkylation sites (N-methyl/N-ethyl adjacent to an activating group) is 2. The van der Waals surface area contributed by atoms with Crippen molar-refractivity contribution < 1.29 is 128 Å². The fourth-order valence-electron chi connectivity index (χ4n) is 8.51. The van der Waals surface area contributed by atoms with Gasteiger partial charge in [-0.15, -0.1) is 65.9 Å². The van der Waals surface area contributed by atoms with Gasteiger partial charge in [-0.2, -0.15) is 30.3 Å². The first kappa shape index (κ1) is 129. The zero-order chi connectivity index (χ0) is 91.5. The van der Waals surface area contributed by atoms with E-state index in [0.717, 1.165) is 35.8 Å². The SMILES string of the molecule is C.C.C.C.C.C.C.CCOC(=O)CC(=O)OCC.CN(C)/C=C(\C#N)c1cccc(OC(F)(F)F)c1.CN(C)CCN(C)C.COC(OC)N(C)C.N#CCc1cccc(OC(F)(F)F)c1.Nc1[nH]ncc1-c1cccc(OC(F)(F)F)c1.Nc1[nH]ncc1-c1cccc(OC(F)(F)F)c1.O=P(Cl)(Cl)Cl.O=c1cc(O)n2ncc(-c3cccc(OC(F)(F)F)c3)c2[nH]1. The van der Waals surface area contributed by atoms with Gasteiger partial charge in [-0.3, -0.25) is 34.0 Å². The zero-order valence-electron chi connectivity index (χ0n) is 65.4. The van der Waals surface area contributed by atoms with Gasteiger partial charge in [0.05, 0.1) is 55.9 Å². The summed E-state index contributed by atoms with van der Waals surface area (Å²) in [6.07, 6.45) is -18.4. The molecular formula is C79H110Cl3F15N15O14P. The summed E-state index contributed by atoms with van der Waals surface area (Å²) < 4.78 is 229. The van der Waals surface area contributed by atoms with Gasteiger partial charge in [0.1, 0.15) is 58.5 Å². The number of alkyl halides is 15. The molecule has 0 spiro atoms. The molecule has 0 bridgehead atoms. The highest BCUT2D eigenvalue weighted by molar-refractivity contribution is 8.24. The molecular weight excluding hydrogens is 1810 g/mol. The second-order valence-electron chi connectivity index (χ2n) is 23.7. The fourth-order valence-corrected chi connectivity index (χ4v) is 8.51. The average Bonchev–Trinajstić information content (AvgIpc) is 1.65. The van der Waals surface area contributed by atoms with Gasteiger partial charge in [-0.1, -0.05) is 113 Å². The minimum Gasteiger partial charge on any atom is -0.493 e. The highest BCUT2D eigenvalue weighted by Gasteiger charge is 2.35. The van der Waals surface area contributed by atoms with Crippen molar-refractivity contribution in [1.82, 2.24) is 54.6 Å². The van der Waals surface area contributed by atoms with Crippen LogP contribution in [0.25, 0.3) is 44.6 Å². The molecule has 0 aliphatic heterocycles. The lowest BCUT2D eigenvalue weighted by Crippen LogP contribution is -2.30. The number of aromatic hydroxyl groups is 1. The molecule has 0 amide bonds. The van der Waals surface area contributed by atoms with Crippen molar-refractivity contribution >= 4 is 73.7 Å². The van der Waals surface area contributed by atoms with Crippen LogP contribution in [0.5, 0.6) is 34.6 Å². The molecule has 48 heteroatoms. The fraction of sp³-hybridized carbons (Fsp3) is 0.392. The number of nitrogens with zero attached hydrogens (tertiary/aromatic N) is 10. The summed E-state index contributed by atoms with van der Waals surface area (Å²) in [6, 6.07) is 31.6. The Balaban J connectivity index is -0.000000260. The second-order valence-corrected chi connectivity index (χ2v) is 30.3. The quantitative estimate of drug-likeness (QED) is 0.00971. The standard InChI is InChI=1S/C13H8F3N3O3.C12H11F3N2O.2C10H8F3N3O.C9H6F3NO.C7H12O4.C6H16N2.C5H13NO2.7CH4.Cl3OP/c14-13(15,16)22-8-3-1-2-7(4-8)9-6-17-19-11(21)5-10(20)18-12(9)19;1-17(2)8-10(7-16)9-4-3-5-11(6-9)18-12(13,14)15;2*11-10(12,13)17-7-3-1-2-6(4-7)8-5-15-16-9(8)14;10-9(11,12)14-8-3-1-2-7(6-8)4-5-13;1-3-10-6(8)5-7(9)11-4-2;1-7(2)5-6-8(3)4;1-6(2)5(7-3)8-4;;;;;;;;1-5(2,3)4/h1-6,21H,(H,18,20);3-6,8H,1-2H3;2*1-5H,(H3,14,15,16);1-3,6H,4H2;3-5H2,1-2H3;5-6H2,1-4H3;5H,1-4H3;7*1H4;/b;10-8+;;;;;;;;;;;;;;. The van der Waals surface area contributed by atoms with E-state index in [1.807, 2.05) is 31.1 Å². The lowest BCUT2D eigenvalue weighted by molar-refractivity contribution is -0.275. The van der Waals surface area contributed by atoms with Crippen LogP contribution < -0.4 is 40.7 Å². The number of esters is 2. The van der Waals surface area contributed by atoms with Crippen LogP contribution in [0.2, 0.25) is 0 Å². The Morgan fingerprint density at radius 1 is 0.543 bits per heavy atom. The third-order valence-corrected chi connectivity index (χ3v) is 13.0. The van der Waals surface area contributed by atoms with E-state index in [1.54, 1.807) is 71.3 Å². The number of nitriles is 2. The Morgan fingerprint density at radius 2 is 0.882 bits per heavy atom. The van der Waals surface area contributed by atoms with Gasteiger partial charge in [0.15, 0.2) is 0 Å². The predicted octanol–water partition coefficient (Wildman–Crippen LogP) is 21.1. The maximum atomic E-state index is 12.3. The van der Waals surface area contributed by atoms with Crippen LogP contribution in [0.4, 0.5) is 77.5 Å². The van der Waals surface area contributed by atoms with Crippen molar-refractivity contribution in [3.05, 3.63) is 174 Å². The molecule has 9 rings (SSSR count). The Bertz CT molecular complexity index is 4670. The second kappa shape index (κ2) is 62.7. The number of ether oxygens (including phenoxy) is 9. The maximum Gasteiger partial charge on any atom is 0.573 e. The van der Waals surface area contributed by atoms with Gasteiger partial charge in [-0.25, -0.2) is 0 Å². The van der Waals surface area contributed by atoms with E-state index < -0.39 is 60.3 Å². The van der Waals surface area contributed by atoms with Crippen molar-refractivity contribution in [2.24, 2.45) is 0 Å². The molecule has 0 aliphatic carbocycles. The molecule has 0 radical (unpaired) electrons. The maximum absolute atomic E-state index is 12.3. The topological polar surface area (TPSA) is 375 Å². The zero-order valence-corrected chi connectivity index (χ0v) is 68.5. The van der Waals surface area contributed by atoms with Crippen LogP contribution in [0, 0.1) is 22.7 Å². The van der Waals surface area contributed by atoms with Crippen molar-refractivity contribution in [3.8, 4) is 80.1 Å². The lowest BCUT2D eigenvalue weighted by Gasteiger charge is -2.19. The summed E-state index contributed by atoms with van der Waals surface area (Å²) in [6.45, 7) is 6.24. The van der Waals surface area contributed by atoms with Crippen LogP contribution >= 0.6 is 38.9 Å². The number of nitrogen functional groups attached to an aromatic ring is 2. The molecule has 4 aromatic heterocycles. The highest BCUT2D eigenvalue weighted by atomic mass is 36.0. The predicted molar refractivity (Wildman–Crippen MR) is 461 cm³/mol. The molecule has 0 atom stereocenters. The van der Waals surface area contributed by atoms with Crippen molar-refractivity contribution in [3.63, 3.8) is 0 Å².